The van der Waals surface area contributed by atoms with E-state index in [2.05, 4.69) is 20.5 Å². The average Bonchev–Trinajstić information content (AvgIpc) is 2.50. The largest absolute Gasteiger partial charge is 0.259 e. The maximum atomic E-state index is 12.8. The molecular formula is C15H10ClFN4. The summed E-state index contributed by atoms with van der Waals surface area (Å²) in [6, 6.07) is 13.4. The molecule has 0 spiro atoms. The summed E-state index contributed by atoms with van der Waals surface area (Å²) in [6.45, 7) is 0. The molecule has 0 saturated heterocycles. The summed E-state index contributed by atoms with van der Waals surface area (Å²) < 4.78 is 12.8. The van der Waals surface area contributed by atoms with Crippen LogP contribution in [0, 0.1) is 5.82 Å². The molecule has 0 fully saturated rings. The van der Waals surface area contributed by atoms with Gasteiger partial charge in [0.1, 0.15) is 5.82 Å². The van der Waals surface area contributed by atoms with Crippen molar-refractivity contribution in [1.29, 1.82) is 0 Å². The van der Waals surface area contributed by atoms with E-state index < -0.39 is 0 Å². The zero-order chi connectivity index (χ0) is 14.7. The molecule has 0 unspecified atom stereocenters. The van der Waals surface area contributed by atoms with E-state index in [1.807, 2.05) is 24.3 Å². The van der Waals surface area contributed by atoms with Crippen molar-refractivity contribution in [1.82, 2.24) is 9.97 Å². The first-order valence-corrected chi connectivity index (χ1v) is 6.57. The van der Waals surface area contributed by atoms with E-state index in [0.717, 1.165) is 16.6 Å². The zero-order valence-corrected chi connectivity index (χ0v) is 11.5. The van der Waals surface area contributed by atoms with E-state index in [9.17, 15) is 4.39 Å². The van der Waals surface area contributed by atoms with Crippen LogP contribution in [0.1, 0.15) is 5.56 Å². The topological polar surface area (TPSA) is 50.2 Å². The molecule has 0 aliphatic heterocycles. The number of para-hydroxylation sites is 2. The summed E-state index contributed by atoms with van der Waals surface area (Å²) in [7, 11) is 0. The molecule has 1 N–H and O–H groups in total. The van der Waals surface area contributed by atoms with Crippen molar-refractivity contribution in [3.05, 3.63) is 65.1 Å². The van der Waals surface area contributed by atoms with Gasteiger partial charge in [-0.3, -0.25) is 5.43 Å². The molecule has 0 saturated carbocycles. The van der Waals surface area contributed by atoms with Crippen LogP contribution in [-0.4, -0.2) is 16.2 Å². The molecule has 21 heavy (non-hydrogen) atoms. The second-order valence-corrected chi connectivity index (χ2v) is 4.63. The van der Waals surface area contributed by atoms with Gasteiger partial charge >= 0.3 is 0 Å². The second-order valence-electron chi connectivity index (χ2n) is 4.27. The van der Waals surface area contributed by atoms with Gasteiger partial charge in [0.25, 0.3) is 0 Å². The molecule has 1 heterocycles. The van der Waals surface area contributed by atoms with Crippen LogP contribution < -0.4 is 5.43 Å². The minimum absolute atomic E-state index is 0.241. The van der Waals surface area contributed by atoms with E-state index in [4.69, 9.17) is 11.6 Å². The fourth-order valence-corrected chi connectivity index (χ4v) is 1.94. The fourth-order valence-electron chi connectivity index (χ4n) is 1.77. The van der Waals surface area contributed by atoms with Gasteiger partial charge in [-0.25, -0.2) is 14.4 Å². The minimum atomic E-state index is -0.288. The number of hydrogen-bond acceptors (Lipinski definition) is 4. The molecule has 0 amide bonds. The lowest BCUT2D eigenvalue weighted by atomic mass is 10.2. The van der Waals surface area contributed by atoms with Gasteiger partial charge in [-0.15, -0.1) is 0 Å². The minimum Gasteiger partial charge on any atom is -0.259 e. The maximum Gasteiger partial charge on any atom is 0.185 e. The Hall–Kier alpha value is -2.53. The summed E-state index contributed by atoms with van der Waals surface area (Å²) in [4.78, 5) is 8.57. The van der Waals surface area contributed by atoms with Crippen molar-refractivity contribution < 1.29 is 4.39 Å². The van der Waals surface area contributed by atoms with Crippen LogP contribution >= 0.6 is 11.6 Å². The number of nitrogens with one attached hydrogen (secondary N) is 1. The Morgan fingerprint density at radius 2 is 1.67 bits per heavy atom. The lowest BCUT2D eigenvalue weighted by molar-refractivity contribution is 0.628. The van der Waals surface area contributed by atoms with Gasteiger partial charge in [0.2, 0.25) is 0 Å². The van der Waals surface area contributed by atoms with Crippen molar-refractivity contribution in [3.8, 4) is 0 Å². The Morgan fingerprint density at radius 3 is 2.38 bits per heavy atom. The number of fused-ring (bicyclic) bond motifs is 1. The molecule has 4 nitrogen and oxygen atoms in total. The molecule has 0 radical (unpaired) electrons. The van der Waals surface area contributed by atoms with Crippen LogP contribution in [-0.2, 0) is 0 Å². The Bertz CT molecular complexity index is 802. The Morgan fingerprint density at radius 1 is 1.00 bits per heavy atom. The predicted molar refractivity (Wildman–Crippen MR) is 82.2 cm³/mol. The summed E-state index contributed by atoms with van der Waals surface area (Å²) >= 11 is 6.05. The highest BCUT2D eigenvalue weighted by Crippen LogP contribution is 2.20. The van der Waals surface area contributed by atoms with Crippen LogP contribution in [0.25, 0.3) is 11.0 Å². The second kappa shape index (κ2) is 5.85. The number of anilines is 1. The van der Waals surface area contributed by atoms with Gasteiger partial charge in [-0.2, -0.15) is 5.10 Å². The molecule has 2 aromatic carbocycles. The van der Waals surface area contributed by atoms with Gasteiger partial charge < -0.3 is 0 Å². The molecule has 6 heteroatoms. The molecule has 1 aromatic heterocycles. The zero-order valence-electron chi connectivity index (χ0n) is 10.8. The number of nitrogens with zero attached hydrogens (tertiary/aromatic N) is 3. The van der Waals surface area contributed by atoms with Gasteiger partial charge in [-0.05, 0) is 29.8 Å². The molecule has 3 aromatic rings. The summed E-state index contributed by atoms with van der Waals surface area (Å²) in [5.74, 6) is 0.0808. The first kappa shape index (κ1) is 13.5. The number of rotatable bonds is 3. The third-order valence-electron chi connectivity index (χ3n) is 2.78. The van der Waals surface area contributed by atoms with E-state index in [-0.39, 0.29) is 11.0 Å². The van der Waals surface area contributed by atoms with Gasteiger partial charge in [0.15, 0.2) is 11.0 Å². The third-order valence-corrected chi connectivity index (χ3v) is 3.05. The number of hydrogen-bond donors (Lipinski definition) is 1. The predicted octanol–water partition coefficient (Wildman–Crippen LogP) is 3.87. The average molecular weight is 301 g/mol. The van der Waals surface area contributed by atoms with Gasteiger partial charge in [0, 0.05) is 0 Å². The van der Waals surface area contributed by atoms with Crippen molar-refractivity contribution in [2.45, 2.75) is 0 Å². The quantitative estimate of drug-likeness (QED) is 0.590. The first-order chi connectivity index (χ1) is 10.2. The SMILES string of the molecule is Fc1ccc(/C=N/Nc2nc3ccccc3nc2Cl)cc1. The summed E-state index contributed by atoms with van der Waals surface area (Å²) in [5, 5.41) is 4.27. The van der Waals surface area contributed by atoms with E-state index in [1.54, 1.807) is 18.3 Å². The Balaban J connectivity index is 1.81. The van der Waals surface area contributed by atoms with E-state index in [0.29, 0.717) is 5.82 Å². The molecular weight excluding hydrogens is 291 g/mol. The monoisotopic (exact) mass is 300 g/mol. The first-order valence-electron chi connectivity index (χ1n) is 6.19. The van der Waals surface area contributed by atoms with Crippen molar-refractivity contribution in [2.24, 2.45) is 5.10 Å². The van der Waals surface area contributed by atoms with Crippen LogP contribution in [0.3, 0.4) is 0 Å². The van der Waals surface area contributed by atoms with Crippen LogP contribution in [0.2, 0.25) is 5.15 Å². The maximum absolute atomic E-state index is 12.8. The number of hydrazone groups is 1. The molecule has 0 aliphatic carbocycles. The molecule has 104 valence electrons. The third kappa shape index (κ3) is 3.14. The molecule has 0 bridgehead atoms. The molecule has 3 rings (SSSR count). The van der Waals surface area contributed by atoms with Gasteiger partial charge in [0.05, 0.1) is 17.2 Å². The lowest BCUT2D eigenvalue weighted by Gasteiger charge is -2.03. The highest BCUT2D eigenvalue weighted by Gasteiger charge is 2.05. The smallest absolute Gasteiger partial charge is 0.185 e. The fraction of sp³-hybridized carbons (Fsp3) is 0. The van der Waals surface area contributed by atoms with Crippen molar-refractivity contribution in [2.75, 3.05) is 5.43 Å². The number of benzene rings is 2. The Labute approximate surface area is 125 Å². The molecule has 0 atom stereocenters. The van der Waals surface area contributed by atoms with Crippen LogP contribution in [0.15, 0.2) is 53.6 Å². The lowest BCUT2D eigenvalue weighted by Crippen LogP contribution is -1.97. The van der Waals surface area contributed by atoms with Gasteiger partial charge in [-0.1, -0.05) is 35.9 Å². The van der Waals surface area contributed by atoms with Crippen LogP contribution in [0.4, 0.5) is 10.2 Å². The normalized spacial score (nSPS) is 11.1. The Kier molecular flexibility index (Phi) is 3.75. The highest BCUT2D eigenvalue weighted by molar-refractivity contribution is 6.32. The highest BCUT2D eigenvalue weighted by atomic mass is 35.5. The van der Waals surface area contributed by atoms with E-state index >= 15 is 0 Å². The molecule has 0 aliphatic rings. The summed E-state index contributed by atoms with van der Waals surface area (Å²) in [5.41, 5.74) is 4.94. The number of halogens is 2. The van der Waals surface area contributed by atoms with Crippen LogP contribution in [0.5, 0.6) is 0 Å². The van der Waals surface area contributed by atoms with Crippen molar-refractivity contribution in [3.63, 3.8) is 0 Å². The van der Waals surface area contributed by atoms with Crippen molar-refractivity contribution >= 4 is 34.7 Å². The standard InChI is InChI=1S/C15H10ClFN4/c16-14-15(20-13-4-2-1-3-12(13)19-14)21-18-9-10-5-7-11(17)8-6-10/h1-9H,(H,20,21)/b18-9+. The number of aromatic nitrogens is 2. The summed E-state index contributed by atoms with van der Waals surface area (Å²) in [6.07, 6.45) is 1.55. The van der Waals surface area contributed by atoms with E-state index in [1.165, 1.54) is 12.1 Å².